The molecule has 1 amide bonds. The number of nitrogens with one attached hydrogen (secondary N) is 2. The van der Waals surface area contributed by atoms with Crippen LogP contribution in [0.1, 0.15) is 54.2 Å². The van der Waals surface area contributed by atoms with Gasteiger partial charge in [-0.3, -0.25) is 9.59 Å². The zero-order valence-corrected chi connectivity index (χ0v) is 20.2. The average Bonchev–Trinajstić information content (AvgIpc) is 3.22. The predicted molar refractivity (Wildman–Crippen MR) is 133 cm³/mol. The third-order valence-corrected chi connectivity index (χ3v) is 6.58. The number of ether oxygens (including phenoxy) is 1. The van der Waals surface area contributed by atoms with Gasteiger partial charge in [-0.05, 0) is 48.6 Å². The first kappa shape index (κ1) is 22.7. The molecule has 1 aliphatic carbocycles. The fraction of sp³-hybridized carbons (Fsp3) is 0.296. The highest BCUT2D eigenvalue weighted by atomic mass is 16.5. The van der Waals surface area contributed by atoms with Gasteiger partial charge in [-0.1, -0.05) is 37.6 Å². The Kier molecular flexibility index (Phi) is 5.39. The molecule has 8 heteroatoms. The zero-order valence-electron chi connectivity index (χ0n) is 20.2. The summed E-state index contributed by atoms with van der Waals surface area (Å²) in [6.45, 7) is 6.11. The lowest BCUT2D eigenvalue weighted by atomic mass is 9.73. The van der Waals surface area contributed by atoms with Crippen LogP contribution in [0.2, 0.25) is 0 Å². The Balaban J connectivity index is 1.61. The number of carbonyl (C=O) groups is 2. The van der Waals surface area contributed by atoms with E-state index in [-0.39, 0.29) is 22.9 Å². The van der Waals surface area contributed by atoms with E-state index in [1.807, 2.05) is 31.2 Å². The number of aryl methyl sites for hydroxylation is 1. The minimum absolute atomic E-state index is 0.00865. The lowest BCUT2D eigenvalue weighted by Crippen LogP contribution is -2.37. The molecule has 0 radical (unpaired) electrons. The normalized spacial score (nSPS) is 18.4. The topological polar surface area (TPSA) is 105 Å². The molecule has 0 bridgehead atoms. The van der Waals surface area contributed by atoms with Gasteiger partial charge >= 0.3 is 0 Å². The number of nitrogens with zero attached hydrogens (tertiary/aromatic N) is 2. The molecule has 0 unspecified atom stereocenters. The van der Waals surface area contributed by atoms with Crippen LogP contribution in [0.3, 0.4) is 0 Å². The molecule has 180 valence electrons. The van der Waals surface area contributed by atoms with Gasteiger partial charge in [0.1, 0.15) is 17.4 Å². The smallest absolute Gasteiger partial charge is 0.261 e. The van der Waals surface area contributed by atoms with Gasteiger partial charge < -0.3 is 20.5 Å². The van der Waals surface area contributed by atoms with E-state index in [1.54, 1.807) is 22.9 Å². The van der Waals surface area contributed by atoms with Crippen molar-refractivity contribution in [2.24, 2.45) is 5.41 Å². The maximum absolute atomic E-state index is 13.4. The Hall–Kier alpha value is -4.07. The fourth-order valence-corrected chi connectivity index (χ4v) is 4.88. The first-order valence-electron chi connectivity index (χ1n) is 11.5. The first-order valence-corrected chi connectivity index (χ1v) is 11.5. The van der Waals surface area contributed by atoms with Crippen LogP contribution < -0.4 is 15.4 Å². The summed E-state index contributed by atoms with van der Waals surface area (Å²) in [5, 5.41) is 21.0. The molecule has 35 heavy (non-hydrogen) atoms. The van der Waals surface area contributed by atoms with Gasteiger partial charge in [0, 0.05) is 23.4 Å². The van der Waals surface area contributed by atoms with Gasteiger partial charge in [0.25, 0.3) is 5.91 Å². The number of anilines is 2. The number of phenolic OH excluding ortho intramolecular Hbond substituents is 1. The number of hydrogen-bond acceptors (Lipinski definition) is 6. The number of Topliss-reactive ketones (excluding diaryl/α,β-unsaturated/α-hetero) is 1. The van der Waals surface area contributed by atoms with Crippen molar-refractivity contribution >= 4 is 23.2 Å². The predicted octanol–water partition coefficient (Wildman–Crippen LogP) is 4.82. The van der Waals surface area contributed by atoms with E-state index < -0.39 is 6.04 Å². The van der Waals surface area contributed by atoms with Crippen LogP contribution in [0, 0.1) is 12.3 Å². The summed E-state index contributed by atoms with van der Waals surface area (Å²) in [7, 11) is 1.48. The number of allylic oxidation sites excluding steroid dienone is 2. The molecule has 1 atom stereocenters. The van der Waals surface area contributed by atoms with Crippen molar-refractivity contribution in [2.45, 2.75) is 39.7 Å². The van der Waals surface area contributed by atoms with Crippen LogP contribution in [0.5, 0.6) is 11.5 Å². The fourth-order valence-electron chi connectivity index (χ4n) is 4.88. The maximum atomic E-state index is 13.4. The van der Waals surface area contributed by atoms with E-state index in [9.17, 15) is 14.7 Å². The van der Waals surface area contributed by atoms with Crippen molar-refractivity contribution in [2.75, 3.05) is 17.7 Å². The van der Waals surface area contributed by atoms with Crippen molar-refractivity contribution in [1.29, 1.82) is 0 Å². The van der Waals surface area contributed by atoms with E-state index >= 15 is 0 Å². The molecular formula is C27H28N4O4. The highest BCUT2D eigenvalue weighted by Gasteiger charge is 2.42. The number of aromatic nitrogens is 2. The minimum atomic E-state index is -0.555. The lowest BCUT2D eigenvalue weighted by molar-refractivity contribution is -0.118. The quantitative estimate of drug-likeness (QED) is 0.503. The van der Waals surface area contributed by atoms with Gasteiger partial charge in [0.2, 0.25) is 0 Å². The minimum Gasteiger partial charge on any atom is -0.504 e. The summed E-state index contributed by atoms with van der Waals surface area (Å²) in [5.74, 6) is 0.575. The number of fused-ring (bicyclic) bond motifs is 1. The number of carbonyl (C=O) groups excluding carboxylic acids is 2. The van der Waals surface area contributed by atoms with E-state index in [2.05, 4.69) is 29.6 Å². The molecule has 3 N–H and O–H groups in total. The lowest BCUT2D eigenvalue weighted by Gasteiger charge is -2.39. The highest BCUT2D eigenvalue weighted by molar-refractivity contribution is 6.08. The van der Waals surface area contributed by atoms with E-state index in [0.29, 0.717) is 41.2 Å². The molecule has 0 saturated carbocycles. The van der Waals surface area contributed by atoms with Gasteiger partial charge in [-0.15, -0.1) is 0 Å². The second kappa shape index (κ2) is 8.30. The molecule has 8 nitrogen and oxygen atoms in total. The van der Waals surface area contributed by atoms with Crippen molar-refractivity contribution in [1.82, 2.24) is 9.78 Å². The molecule has 3 aromatic rings. The monoisotopic (exact) mass is 472 g/mol. The van der Waals surface area contributed by atoms with Gasteiger partial charge in [-0.2, -0.15) is 5.10 Å². The van der Waals surface area contributed by atoms with Crippen LogP contribution in [0.4, 0.5) is 11.5 Å². The molecule has 2 heterocycles. The van der Waals surface area contributed by atoms with Crippen LogP contribution in [-0.4, -0.2) is 33.7 Å². The second-order valence-corrected chi connectivity index (χ2v) is 9.96. The van der Waals surface area contributed by atoms with Crippen LogP contribution in [-0.2, 0) is 4.79 Å². The van der Waals surface area contributed by atoms with E-state index in [0.717, 1.165) is 16.8 Å². The number of hydrogen-bond donors (Lipinski definition) is 3. The Bertz CT molecular complexity index is 1370. The number of benzene rings is 2. The molecule has 5 rings (SSSR count). The Morgan fingerprint density at radius 2 is 1.94 bits per heavy atom. The Morgan fingerprint density at radius 1 is 1.20 bits per heavy atom. The van der Waals surface area contributed by atoms with Crippen LogP contribution in [0.15, 0.2) is 59.9 Å². The second-order valence-electron chi connectivity index (χ2n) is 9.96. The molecule has 2 aromatic carbocycles. The standard InChI is InChI=1S/C27H28N4O4/c1-15-5-8-17(9-6-15)29-26(34)18-14-28-31-24(16-7-10-20(32)22(11-16)35-4)23-19(30-25(18)31)12-27(2,3)13-21(23)33/h5-11,14,24,30,32H,12-13H2,1-4H3,(H,29,34)/t24-/m1/s1. The number of amides is 1. The third kappa shape index (κ3) is 4.05. The third-order valence-electron chi connectivity index (χ3n) is 6.58. The van der Waals surface area contributed by atoms with Crippen molar-refractivity contribution in [3.63, 3.8) is 0 Å². The molecule has 1 aromatic heterocycles. The molecule has 2 aliphatic rings. The average molecular weight is 473 g/mol. The number of methoxy groups -OCH3 is 1. The highest BCUT2D eigenvalue weighted by Crippen LogP contribution is 2.47. The summed E-state index contributed by atoms with van der Waals surface area (Å²) in [6, 6.07) is 12.0. The van der Waals surface area contributed by atoms with Crippen molar-refractivity contribution in [3.05, 3.63) is 76.6 Å². The number of ketones is 1. The van der Waals surface area contributed by atoms with Crippen molar-refractivity contribution in [3.8, 4) is 11.5 Å². The molecule has 0 saturated heterocycles. The summed E-state index contributed by atoms with van der Waals surface area (Å²) < 4.78 is 6.99. The zero-order chi connectivity index (χ0) is 24.9. The molecule has 0 spiro atoms. The Morgan fingerprint density at radius 3 is 2.66 bits per heavy atom. The van der Waals surface area contributed by atoms with Gasteiger partial charge in [0.05, 0.1) is 13.3 Å². The first-order chi connectivity index (χ1) is 16.7. The van der Waals surface area contributed by atoms with E-state index in [4.69, 9.17) is 4.74 Å². The number of rotatable bonds is 4. The summed E-state index contributed by atoms with van der Waals surface area (Å²) in [4.78, 5) is 26.6. The molecular weight excluding hydrogens is 444 g/mol. The number of aromatic hydroxyl groups is 1. The summed E-state index contributed by atoms with van der Waals surface area (Å²) in [6.07, 6.45) is 2.59. The summed E-state index contributed by atoms with van der Waals surface area (Å²) >= 11 is 0. The molecule has 0 fully saturated rings. The van der Waals surface area contributed by atoms with Crippen molar-refractivity contribution < 1.29 is 19.4 Å². The van der Waals surface area contributed by atoms with Crippen LogP contribution in [0.25, 0.3) is 0 Å². The molecule has 1 aliphatic heterocycles. The largest absolute Gasteiger partial charge is 0.504 e. The van der Waals surface area contributed by atoms with E-state index in [1.165, 1.54) is 13.3 Å². The SMILES string of the molecule is COc1cc([C@@H]2C3=C(CC(C)(C)CC3=O)Nc3c(C(=O)Nc4ccc(C)cc4)cnn32)ccc1O. The summed E-state index contributed by atoms with van der Waals surface area (Å²) in [5.41, 5.74) is 4.10. The van der Waals surface area contributed by atoms with Crippen LogP contribution >= 0.6 is 0 Å². The van der Waals surface area contributed by atoms with Gasteiger partial charge in [0.15, 0.2) is 17.3 Å². The number of phenols is 1. The maximum Gasteiger partial charge on any atom is 0.261 e. The van der Waals surface area contributed by atoms with Gasteiger partial charge in [-0.25, -0.2) is 4.68 Å². The Labute approximate surface area is 203 Å².